The van der Waals surface area contributed by atoms with E-state index in [-0.39, 0.29) is 5.82 Å². The third kappa shape index (κ3) is 5.65. The van der Waals surface area contributed by atoms with Gasteiger partial charge in [0.15, 0.2) is 0 Å². The Bertz CT molecular complexity index is 1020. The maximum Gasteiger partial charge on any atom is 0.241 e. The molecule has 5 nitrogen and oxygen atoms in total. The van der Waals surface area contributed by atoms with Gasteiger partial charge in [0, 0.05) is 24.0 Å². The van der Waals surface area contributed by atoms with E-state index in [2.05, 4.69) is 41.2 Å². The molecular formula is C24H32FN5. The lowest BCUT2D eigenvalue weighted by atomic mass is 10.0. The van der Waals surface area contributed by atoms with Gasteiger partial charge in [-0.25, -0.2) is 13.9 Å². The average molecular weight is 410 g/mol. The summed E-state index contributed by atoms with van der Waals surface area (Å²) in [7, 11) is 0. The zero-order valence-electron chi connectivity index (χ0n) is 18.8. The van der Waals surface area contributed by atoms with Gasteiger partial charge >= 0.3 is 0 Å². The summed E-state index contributed by atoms with van der Waals surface area (Å²) in [4.78, 5) is 8.71. The molecule has 0 radical (unpaired) electrons. The van der Waals surface area contributed by atoms with Crippen molar-refractivity contribution < 1.29 is 4.39 Å². The van der Waals surface area contributed by atoms with E-state index in [4.69, 9.17) is 0 Å². The first-order valence-electron chi connectivity index (χ1n) is 10.6. The van der Waals surface area contributed by atoms with Crippen molar-refractivity contribution in [2.24, 2.45) is 16.8 Å². The molecule has 0 spiro atoms. The summed E-state index contributed by atoms with van der Waals surface area (Å²) in [6, 6.07) is 5.43. The van der Waals surface area contributed by atoms with E-state index >= 15 is 0 Å². The number of hydrogen-bond donors (Lipinski definition) is 1. The van der Waals surface area contributed by atoms with E-state index in [1.54, 1.807) is 10.7 Å². The number of anilines is 1. The second kappa shape index (κ2) is 9.37. The SMILES string of the molecule is CC(C)=Nc1c(C)cc(-c2ccn3nc(NCC4CC4)ncc23)cc1F.CC(C)C. The van der Waals surface area contributed by atoms with Crippen LogP contribution in [-0.4, -0.2) is 26.9 Å². The lowest BCUT2D eigenvalue weighted by Gasteiger charge is -2.08. The van der Waals surface area contributed by atoms with Gasteiger partial charge in [-0.15, -0.1) is 5.10 Å². The number of hydrogen-bond acceptors (Lipinski definition) is 4. The Morgan fingerprint density at radius 2 is 1.97 bits per heavy atom. The zero-order valence-corrected chi connectivity index (χ0v) is 18.8. The fourth-order valence-corrected chi connectivity index (χ4v) is 3.04. The van der Waals surface area contributed by atoms with E-state index in [1.165, 1.54) is 18.9 Å². The van der Waals surface area contributed by atoms with Crippen LogP contribution < -0.4 is 5.32 Å². The molecule has 160 valence electrons. The van der Waals surface area contributed by atoms with Crippen LogP contribution in [0.25, 0.3) is 16.6 Å². The maximum atomic E-state index is 14.6. The molecule has 0 aliphatic heterocycles. The van der Waals surface area contributed by atoms with Gasteiger partial charge in [-0.2, -0.15) is 0 Å². The van der Waals surface area contributed by atoms with Gasteiger partial charge in [0.2, 0.25) is 5.95 Å². The van der Waals surface area contributed by atoms with E-state index in [1.807, 2.05) is 39.1 Å². The molecule has 3 aromatic rings. The summed E-state index contributed by atoms with van der Waals surface area (Å²) < 4.78 is 16.3. The molecule has 1 aromatic carbocycles. The maximum absolute atomic E-state index is 14.6. The van der Waals surface area contributed by atoms with Gasteiger partial charge in [0.05, 0.1) is 11.7 Å². The van der Waals surface area contributed by atoms with Gasteiger partial charge in [-0.1, -0.05) is 20.8 Å². The Balaban J connectivity index is 0.000000589. The van der Waals surface area contributed by atoms with Crippen LogP contribution in [0.3, 0.4) is 0 Å². The predicted molar refractivity (Wildman–Crippen MR) is 123 cm³/mol. The molecule has 1 fully saturated rings. The third-order valence-electron chi connectivity index (χ3n) is 4.56. The lowest BCUT2D eigenvalue weighted by Crippen LogP contribution is -2.08. The van der Waals surface area contributed by atoms with Crippen LogP contribution in [0.15, 0.2) is 35.6 Å². The molecule has 0 atom stereocenters. The first-order chi connectivity index (χ1) is 14.2. The van der Waals surface area contributed by atoms with Crippen LogP contribution in [0.5, 0.6) is 0 Å². The van der Waals surface area contributed by atoms with Crippen molar-refractivity contribution in [3.05, 3.63) is 42.0 Å². The minimum absolute atomic E-state index is 0.316. The Morgan fingerprint density at radius 1 is 1.27 bits per heavy atom. The van der Waals surface area contributed by atoms with Crippen LogP contribution >= 0.6 is 0 Å². The summed E-state index contributed by atoms with van der Waals surface area (Å²) in [6.07, 6.45) is 6.23. The van der Waals surface area contributed by atoms with Gasteiger partial charge in [-0.3, -0.25) is 4.99 Å². The standard InChI is InChI=1S/C20H22FN5.C4H10/c1-12(2)24-19-13(3)8-15(9-17(19)21)16-6-7-26-18(16)11-23-20(25-26)22-10-14-4-5-14;1-4(2)3/h6-9,11,14H,4-5,10H2,1-3H3,(H,22,25);4H,1-3H3. The highest BCUT2D eigenvalue weighted by molar-refractivity contribution is 5.85. The highest BCUT2D eigenvalue weighted by atomic mass is 19.1. The van der Waals surface area contributed by atoms with Crippen LogP contribution in [0.1, 0.15) is 53.0 Å². The number of fused-ring (bicyclic) bond motifs is 1. The first kappa shape index (κ1) is 21.9. The molecule has 0 saturated heterocycles. The van der Waals surface area contributed by atoms with Crippen LogP contribution in [0.2, 0.25) is 0 Å². The van der Waals surface area contributed by atoms with Crippen molar-refractivity contribution in [3.63, 3.8) is 0 Å². The number of aliphatic imine (C=N–C) groups is 1. The summed E-state index contributed by atoms with van der Waals surface area (Å²) in [5.74, 6) is 1.90. The summed E-state index contributed by atoms with van der Waals surface area (Å²) in [6.45, 7) is 13.0. The summed E-state index contributed by atoms with van der Waals surface area (Å²) in [5.41, 5.74) is 4.60. The monoisotopic (exact) mass is 409 g/mol. The van der Waals surface area contributed by atoms with Gasteiger partial charge < -0.3 is 5.32 Å². The molecule has 2 heterocycles. The molecule has 0 bridgehead atoms. The van der Waals surface area contributed by atoms with E-state index in [0.717, 1.165) is 46.3 Å². The number of nitrogens with one attached hydrogen (secondary N) is 1. The molecule has 2 aromatic heterocycles. The van der Waals surface area contributed by atoms with Crippen molar-refractivity contribution in [2.45, 2.75) is 54.4 Å². The van der Waals surface area contributed by atoms with Crippen LogP contribution in [-0.2, 0) is 0 Å². The fraction of sp³-hybridized carbons (Fsp3) is 0.458. The quantitative estimate of drug-likeness (QED) is 0.493. The van der Waals surface area contributed by atoms with Gasteiger partial charge in [0.1, 0.15) is 11.5 Å². The van der Waals surface area contributed by atoms with Crippen molar-refractivity contribution in [1.82, 2.24) is 14.6 Å². The largest absolute Gasteiger partial charge is 0.353 e. The Hall–Kier alpha value is -2.76. The number of halogens is 1. The minimum atomic E-state index is -0.316. The van der Waals surface area contributed by atoms with Gasteiger partial charge in [0.25, 0.3) is 0 Å². The molecule has 1 saturated carbocycles. The molecule has 0 amide bonds. The molecule has 6 heteroatoms. The van der Waals surface area contributed by atoms with E-state index < -0.39 is 0 Å². The molecule has 1 aliphatic rings. The number of aromatic nitrogens is 3. The second-order valence-corrected chi connectivity index (χ2v) is 8.88. The number of nitrogens with zero attached hydrogens (tertiary/aromatic N) is 4. The molecule has 30 heavy (non-hydrogen) atoms. The average Bonchev–Trinajstić information content (AvgIpc) is 3.39. The molecule has 4 rings (SSSR count). The minimum Gasteiger partial charge on any atom is -0.353 e. The van der Waals surface area contributed by atoms with E-state index in [0.29, 0.717) is 11.6 Å². The van der Waals surface area contributed by atoms with Crippen molar-refractivity contribution in [3.8, 4) is 11.1 Å². The summed E-state index contributed by atoms with van der Waals surface area (Å²) in [5, 5.41) is 7.78. The Labute approximate surface area is 178 Å². The normalized spacial score (nSPS) is 13.2. The molecule has 1 aliphatic carbocycles. The zero-order chi connectivity index (χ0) is 21.8. The van der Waals surface area contributed by atoms with Crippen LogP contribution in [0, 0.1) is 24.6 Å². The smallest absolute Gasteiger partial charge is 0.241 e. The number of benzene rings is 1. The molecular weight excluding hydrogens is 377 g/mol. The summed E-state index contributed by atoms with van der Waals surface area (Å²) >= 11 is 0. The predicted octanol–water partition coefficient (Wildman–Crippen LogP) is 6.44. The Morgan fingerprint density at radius 3 is 2.57 bits per heavy atom. The Kier molecular flexibility index (Phi) is 6.85. The van der Waals surface area contributed by atoms with Crippen molar-refractivity contribution in [1.29, 1.82) is 0 Å². The lowest BCUT2D eigenvalue weighted by molar-refractivity contribution is 0.629. The number of aryl methyl sites for hydroxylation is 1. The van der Waals surface area contributed by atoms with Crippen LogP contribution in [0.4, 0.5) is 16.0 Å². The van der Waals surface area contributed by atoms with Crippen molar-refractivity contribution in [2.75, 3.05) is 11.9 Å². The highest BCUT2D eigenvalue weighted by Gasteiger charge is 2.21. The highest BCUT2D eigenvalue weighted by Crippen LogP contribution is 2.32. The van der Waals surface area contributed by atoms with Crippen molar-refractivity contribution >= 4 is 22.9 Å². The topological polar surface area (TPSA) is 54.6 Å². The fourth-order valence-electron chi connectivity index (χ4n) is 3.04. The second-order valence-electron chi connectivity index (χ2n) is 8.88. The third-order valence-corrected chi connectivity index (χ3v) is 4.56. The molecule has 0 unspecified atom stereocenters. The van der Waals surface area contributed by atoms with Gasteiger partial charge in [-0.05, 0) is 74.8 Å². The molecule has 1 N–H and O–H groups in total. The number of rotatable bonds is 5. The first-order valence-corrected chi connectivity index (χ1v) is 10.6. The van der Waals surface area contributed by atoms with E-state index in [9.17, 15) is 4.39 Å².